The van der Waals surface area contributed by atoms with Crippen molar-refractivity contribution in [3.63, 3.8) is 0 Å². The van der Waals surface area contributed by atoms with Crippen LogP contribution in [-0.4, -0.2) is 39.0 Å². The van der Waals surface area contributed by atoms with E-state index < -0.39 is 0 Å². The fourth-order valence-corrected chi connectivity index (χ4v) is 4.46. The van der Waals surface area contributed by atoms with Gasteiger partial charge in [0.15, 0.2) is 11.6 Å². The Labute approximate surface area is 162 Å². The molecule has 1 aliphatic heterocycles. The first-order chi connectivity index (χ1) is 13.8. The van der Waals surface area contributed by atoms with Gasteiger partial charge in [0.2, 0.25) is 5.89 Å². The summed E-state index contributed by atoms with van der Waals surface area (Å²) < 4.78 is 11.0. The van der Waals surface area contributed by atoms with Crippen molar-refractivity contribution in [2.75, 3.05) is 13.1 Å². The number of aromatic nitrogens is 3. The summed E-state index contributed by atoms with van der Waals surface area (Å²) in [6, 6.07) is 7.38. The molecular weight excluding hydrogens is 356 g/mol. The maximum atomic E-state index is 12.8. The second-order valence-electron chi connectivity index (χ2n) is 7.66. The van der Waals surface area contributed by atoms with Crippen molar-refractivity contribution in [2.45, 2.75) is 43.4 Å². The third-order valence-corrected chi connectivity index (χ3v) is 5.95. The SMILES string of the molecule is O=C(c1ccco1)N1C[C@@H](c2cccnc2)[C@H](c2nc(C3CCCC3)no2)C1. The van der Waals surface area contributed by atoms with Crippen LogP contribution in [-0.2, 0) is 0 Å². The third kappa shape index (κ3) is 3.10. The Kier molecular flexibility index (Phi) is 4.43. The monoisotopic (exact) mass is 378 g/mol. The van der Waals surface area contributed by atoms with E-state index in [1.54, 1.807) is 23.2 Å². The molecule has 2 aliphatic rings. The smallest absolute Gasteiger partial charge is 0.289 e. The molecule has 2 fully saturated rings. The summed E-state index contributed by atoms with van der Waals surface area (Å²) in [5.41, 5.74) is 1.07. The summed E-state index contributed by atoms with van der Waals surface area (Å²) >= 11 is 0. The van der Waals surface area contributed by atoms with Crippen LogP contribution in [0.25, 0.3) is 0 Å². The number of amides is 1. The average Bonchev–Trinajstić information content (AvgIpc) is 3.53. The summed E-state index contributed by atoms with van der Waals surface area (Å²) in [4.78, 5) is 23.6. The van der Waals surface area contributed by atoms with E-state index in [-0.39, 0.29) is 17.7 Å². The van der Waals surface area contributed by atoms with Crippen LogP contribution < -0.4 is 0 Å². The molecule has 1 amide bonds. The molecular formula is C21H22N4O3. The Morgan fingerprint density at radius 1 is 1.11 bits per heavy atom. The highest BCUT2D eigenvalue weighted by Crippen LogP contribution is 2.40. The van der Waals surface area contributed by atoms with E-state index in [0.29, 0.717) is 30.7 Å². The van der Waals surface area contributed by atoms with Crippen LogP contribution in [0.5, 0.6) is 0 Å². The predicted molar refractivity (Wildman–Crippen MR) is 99.8 cm³/mol. The summed E-state index contributed by atoms with van der Waals surface area (Å²) in [5.74, 6) is 2.07. The van der Waals surface area contributed by atoms with E-state index in [2.05, 4.69) is 10.1 Å². The maximum Gasteiger partial charge on any atom is 0.289 e. The van der Waals surface area contributed by atoms with Crippen LogP contribution in [0.3, 0.4) is 0 Å². The molecule has 3 aromatic heterocycles. The molecule has 144 valence electrons. The molecule has 7 nitrogen and oxygen atoms in total. The van der Waals surface area contributed by atoms with Gasteiger partial charge in [0, 0.05) is 37.3 Å². The van der Waals surface area contributed by atoms with E-state index >= 15 is 0 Å². The van der Waals surface area contributed by atoms with Gasteiger partial charge in [-0.15, -0.1) is 0 Å². The van der Waals surface area contributed by atoms with Crippen LogP contribution >= 0.6 is 0 Å². The molecule has 0 spiro atoms. The minimum absolute atomic E-state index is 0.0502. The number of furan rings is 1. The van der Waals surface area contributed by atoms with Gasteiger partial charge in [-0.2, -0.15) is 4.98 Å². The highest BCUT2D eigenvalue weighted by molar-refractivity contribution is 5.91. The first-order valence-corrected chi connectivity index (χ1v) is 9.86. The van der Waals surface area contributed by atoms with E-state index in [1.165, 1.54) is 19.1 Å². The molecule has 2 atom stereocenters. The molecule has 0 N–H and O–H groups in total. The van der Waals surface area contributed by atoms with Gasteiger partial charge in [-0.3, -0.25) is 9.78 Å². The van der Waals surface area contributed by atoms with Crippen molar-refractivity contribution in [3.8, 4) is 0 Å². The lowest BCUT2D eigenvalue weighted by Gasteiger charge is -2.15. The molecule has 28 heavy (non-hydrogen) atoms. The highest BCUT2D eigenvalue weighted by atomic mass is 16.5. The Morgan fingerprint density at radius 2 is 1.96 bits per heavy atom. The van der Waals surface area contributed by atoms with Gasteiger partial charge in [0.25, 0.3) is 5.91 Å². The molecule has 5 rings (SSSR count). The highest BCUT2D eigenvalue weighted by Gasteiger charge is 2.41. The van der Waals surface area contributed by atoms with Gasteiger partial charge >= 0.3 is 0 Å². The van der Waals surface area contributed by atoms with Crippen LogP contribution in [0.1, 0.15) is 71.3 Å². The summed E-state index contributed by atoms with van der Waals surface area (Å²) in [5, 5.41) is 4.27. The number of hydrogen-bond donors (Lipinski definition) is 0. The zero-order valence-electron chi connectivity index (χ0n) is 15.5. The minimum atomic E-state index is -0.114. The molecule has 0 radical (unpaired) electrons. The normalized spacial score (nSPS) is 22.8. The fraction of sp³-hybridized carbons (Fsp3) is 0.429. The summed E-state index contributed by atoms with van der Waals surface area (Å²) in [7, 11) is 0. The largest absolute Gasteiger partial charge is 0.459 e. The third-order valence-electron chi connectivity index (χ3n) is 5.95. The number of nitrogens with zero attached hydrogens (tertiary/aromatic N) is 4. The molecule has 1 saturated heterocycles. The second-order valence-corrected chi connectivity index (χ2v) is 7.66. The molecule has 1 saturated carbocycles. The lowest BCUT2D eigenvalue weighted by molar-refractivity contribution is 0.0756. The molecule has 0 aromatic carbocycles. The van der Waals surface area contributed by atoms with Crippen molar-refractivity contribution >= 4 is 5.91 Å². The van der Waals surface area contributed by atoms with Gasteiger partial charge in [-0.05, 0) is 36.6 Å². The molecule has 0 unspecified atom stereocenters. The lowest BCUT2D eigenvalue weighted by Crippen LogP contribution is -2.28. The molecule has 7 heteroatoms. The number of pyridine rings is 1. The van der Waals surface area contributed by atoms with E-state index in [0.717, 1.165) is 24.2 Å². The van der Waals surface area contributed by atoms with Crippen LogP contribution in [0.4, 0.5) is 0 Å². The average molecular weight is 378 g/mol. The molecule has 0 bridgehead atoms. The standard InChI is InChI=1S/C21H22N4O3/c26-21(18-8-4-10-27-18)25-12-16(15-7-3-9-22-11-15)17(13-25)20-23-19(24-28-20)14-5-1-2-6-14/h3-4,7-11,14,16-17H,1-2,5-6,12-13H2/t16-,17+/m0/s1. The Bertz CT molecular complexity index is 932. The van der Waals surface area contributed by atoms with Gasteiger partial charge in [0.05, 0.1) is 12.2 Å². The van der Waals surface area contributed by atoms with Gasteiger partial charge < -0.3 is 13.8 Å². The van der Waals surface area contributed by atoms with Crippen molar-refractivity contribution in [1.29, 1.82) is 0 Å². The Hall–Kier alpha value is -2.96. The van der Waals surface area contributed by atoms with Gasteiger partial charge in [-0.1, -0.05) is 24.1 Å². The van der Waals surface area contributed by atoms with Crippen molar-refractivity contribution < 1.29 is 13.7 Å². The van der Waals surface area contributed by atoms with Crippen LogP contribution in [0.15, 0.2) is 51.9 Å². The van der Waals surface area contributed by atoms with E-state index in [4.69, 9.17) is 13.9 Å². The van der Waals surface area contributed by atoms with Crippen LogP contribution in [0, 0.1) is 0 Å². The van der Waals surface area contributed by atoms with E-state index in [1.807, 2.05) is 18.3 Å². The van der Waals surface area contributed by atoms with Crippen molar-refractivity contribution in [3.05, 3.63) is 66.0 Å². The summed E-state index contributed by atoms with van der Waals surface area (Å²) in [6.45, 7) is 1.09. The van der Waals surface area contributed by atoms with Crippen molar-refractivity contribution in [2.24, 2.45) is 0 Å². The topological polar surface area (TPSA) is 85.3 Å². The summed E-state index contributed by atoms with van der Waals surface area (Å²) in [6.07, 6.45) is 9.82. The maximum absolute atomic E-state index is 12.8. The first-order valence-electron chi connectivity index (χ1n) is 9.86. The number of hydrogen-bond acceptors (Lipinski definition) is 6. The molecule has 4 heterocycles. The Morgan fingerprint density at radius 3 is 2.71 bits per heavy atom. The Balaban J connectivity index is 1.44. The number of carbonyl (C=O) groups excluding carboxylic acids is 1. The minimum Gasteiger partial charge on any atom is -0.459 e. The quantitative estimate of drug-likeness (QED) is 0.687. The first kappa shape index (κ1) is 17.2. The zero-order valence-corrected chi connectivity index (χ0v) is 15.5. The fourth-order valence-electron chi connectivity index (χ4n) is 4.46. The van der Waals surface area contributed by atoms with Gasteiger partial charge in [-0.25, -0.2) is 0 Å². The molecule has 3 aromatic rings. The number of carbonyl (C=O) groups is 1. The number of rotatable bonds is 4. The molecule has 1 aliphatic carbocycles. The second kappa shape index (κ2) is 7.22. The van der Waals surface area contributed by atoms with Crippen molar-refractivity contribution in [1.82, 2.24) is 20.0 Å². The van der Waals surface area contributed by atoms with Crippen LogP contribution in [0.2, 0.25) is 0 Å². The van der Waals surface area contributed by atoms with E-state index in [9.17, 15) is 4.79 Å². The zero-order chi connectivity index (χ0) is 18.9. The predicted octanol–water partition coefficient (Wildman–Crippen LogP) is 3.74. The number of likely N-dealkylation sites (tertiary alicyclic amines) is 1. The van der Waals surface area contributed by atoms with Gasteiger partial charge in [0.1, 0.15) is 0 Å². The lowest BCUT2D eigenvalue weighted by atomic mass is 9.90.